The highest BCUT2D eigenvalue weighted by atomic mass is 16.4. The van der Waals surface area contributed by atoms with Crippen LogP contribution in [0.2, 0.25) is 0 Å². The van der Waals surface area contributed by atoms with Crippen LogP contribution in [-0.4, -0.2) is 240 Å². The van der Waals surface area contributed by atoms with Gasteiger partial charge >= 0.3 is 35.8 Å². The van der Waals surface area contributed by atoms with E-state index in [2.05, 4.69) is 41.5 Å². The van der Waals surface area contributed by atoms with Gasteiger partial charge in [0.1, 0.15) is 30.5 Å². The first-order chi connectivity index (χ1) is 48.7. The van der Waals surface area contributed by atoms with Crippen LogP contribution in [0.4, 0.5) is 0 Å². The predicted octanol–water partition coefficient (Wildman–Crippen LogP) is 10.9. The van der Waals surface area contributed by atoms with Crippen molar-refractivity contribution in [2.75, 3.05) is 66.1 Å². The topological polar surface area (TPSA) is 527 Å². The standard InChI is InChI=1S/6C10H20O2.5C3H8O3/c6*1-2-3-4-5-6-7-8-9-10(11)12;5*4-1-3(6)2-5/h6*2-9H2,1H3,(H,11,12);5*3-6H,1-2H2. The summed E-state index contributed by atoms with van der Waals surface area (Å²) in [6, 6.07) is 0. The Morgan fingerprint density at radius 2 is 0.245 bits per heavy atom. The lowest BCUT2D eigenvalue weighted by atomic mass is 10.1. The van der Waals surface area contributed by atoms with Crippen molar-refractivity contribution in [2.24, 2.45) is 0 Å². The molecule has 0 saturated carbocycles. The number of unbranched alkanes of at least 4 members (excludes halogenated alkanes) is 36. The SMILES string of the molecule is CCCCCCCCCC(=O)O.CCCCCCCCCC(=O)O.CCCCCCCCCC(=O)O.CCCCCCCCCC(=O)O.CCCCCCCCCC(=O)O.CCCCCCCCCC(=O)O.OCC(O)CO.OCC(O)CO.OCC(O)CO.OCC(O)CO.OCC(O)CO. The van der Waals surface area contributed by atoms with Crippen molar-refractivity contribution in [1.82, 2.24) is 0 Å². The third-order valence-corrected chi connectivity index (χ3v) is 14.1. The van der Waals surface area contributed by atoms with E-state index in [0.29, 0.717) is 38.5 Å². The molecule has 102 heavy (non-hydrogen) atoms. The van der Waals surface area contributed by atoms with Crippen LogP contribution in [0.15, 0.2) is 0 Å². The number of aliphatic carboxylic acids is 6. The van der Waals surface area contributed by atoms with Gasteiger partial charge in [-0.25, -0.2) is 0 Å². The molecule has 622 valence electrons. The van der Waals surface area contributed by atoms with E-state index < -0.39 is 66.3 Å². The van der Waals surface area contributed by atoms with Crippen LogP contribution in [0.25, 0.3) is 0 Å². The molecular formula is C75H160O27. The Bertz CT molecular complexity index is 1240. The van der Waals surface area contributed by atoms with E-state index >= 15 is 0 Å². The maximum Gasteiger partial charge on any atom is 0.303 e. The zero-order valence-corrected chi connectivity index (χ0v) is 64.7. The van der Waals surface area contributed by atoms with Crippen LogP contribution in [0.1, 0.15) is 350 Å². The first-order valence-corrected chi connectivity index (χ1v) is 38.5. The van der Waals surface area contributed by atoms with Gasteiger partial charge in [0.25, 0.3) is 0 Å². The number of aliphatic hydroxyl groups is 15. The number of carboxylic acid groups (broad SMARTS) is 6. The lowest BCUT2D eigenvalue weighted by molar-refractivity contribution is -0.138. The molecule has 0 rings (SSSR count). The molecule has 0 atom stereocenters. The van der Waals surface area contributed by atoms with Gasteiger partial charge in [0.05, 0.1) is 66.1 Å². The van der Waals surface area contributed by atoms with Crippen LogP contribution >= 0.6 is 0 Å². The van der Waals surface area contributed by atoms with Crippen molar-refractivity contribution in [1.29, 1.82) is 0 Å². The summed E-state index contributed by atoms with van der Waals surface area (Å²) in [6.45, 7) is 9.55. The molecule has 0 radical (unpaired) electrons. The molecule has 0 aliphatic carbocycles. The Labute approximate surface area is 615 Å². The Balaban J connectivity index is -0.000000100. The summed E-state index contributed by atoms with van der Waals surface area (Å²) >= 11 is 0. The molecule has 0 aliphatic rings. The van der Waals surface area contributed by atoms with Gasteiger partial charge in [-0.05, 0) is 38.5 Å². The summed E-state index contributed by atoms with van der Waals surface area (Å²) in [5, 5.41) is 170. The molecule has 27 nitrogen and oxygen atoms in total. The lowest BCUT2D eigenvalue weighted by Crippen LogP contribution is -2.15. The Morgan fingerprint density at radius 1 is 0.167 bits per heavy atom. The highest BCUT2D eigenvalue weighted by Gasteiger charge is 2.02. The van der Waals surface area contributed by atoms with Crippen molar-refractivity contribution in [3.05, 3.63) is 0 Å². The monoisotopic (exact) mass is 1490 g/mol. The molecule has 0 fully saturated rings. The van der Waals surface area contributed by atoms with E-state index in [1.165, 1.54) is 193 Å². The summed E-state index contributed by atoms with van der Waals surface area (Å²) in [5.74, 6) is -3.98. The smallest absolute Gasteiger partial charge is 0.303 e. The molecule has 0 unspecified atom stereocenters. The van der Waals surface area contributed by atoms with Gasteiger partial charge in [0, 0.05) is 38.5 Å². The summed E-state index contributed by atoms with van der Waals surface area (Å²) < 4.78 is 0. The minimum absolute atomic E-state index is 0.341. The molecule has 0 aromatic rings. The van der Waals surface area contributed by atoms with E-state index in [1.807, 2.05) is 0 Å². The normalized spacial score (nSPS) is 10.1. The molecule has 0 amide bonds. The maximum atomic E-state index is 10.1. The van der Waals surface area contributed by atoms with Crippen LogP contribution in [-0.2, 0) is 28.8 Å². The average molecular weight is 1490 g/mol. The van der Waals surface area contributed by atoms with Gasteiger partial charge in [-0.15, -0.1) is 0 Å². The molecule has 27 heteroatoms. The lowest BCUT2D eigenvalue weighted by Gasteiger charge is -1.98. The molecule has 0 aliphatic heterocycles. The highest BCUT2D eigenvalue weighted by Crippen LogP contribution is 2.13. The minimum atomic E-state index is -0.954. The van der Waals surface area contributed by atoms with Crippen molar-refractivity contribution < 1.29 is 136 Å². The number of rotatable bonds is 58. The number of hydrogen-bond acceptors (Lipinski definition) is 21. The van der Waals surface area contributed by atoms with Crippen LogP contribution in [0.3, 0.4) is 0 Å². The summed E-state index contributed by atoms with van der Waals surface area (Å²) in [7, 11) is 0. The predicted molar refractivity (Wildman–Crippen MR) is 402 cm³/mol. The highest BCUT2D eigenvalue weighted by molar-refractivity contribution is 5.68. The zero-order chi connectivity index (χ0) is 80.4. The van der Waals surface area contributed by atoms with Crippen LogP contribution < -0.4 is 0 Å². The van der Waals surface area contributed by atoms with E-state index in [4.69, 9.17) is 107 Å². The zero-order valence-electron chi connectivity index (χ0n) is 64.7. The van der Waals surface area contributed by atoms with Gasteiger partial charge in [-0.2, -0.15) is 0 Å². The molecule has 0 bridgehead atoms. The van der Waals surface area contributed by atoms with Crippen molar-refractivity contribution >= 4 is 35.8 Å². The Morgan fingerprint density at radius 3 is 0.304 bits per heavy atom. The fourth-order valence-corrected chi connectivity index (χ4v) is 7.69. The Hall–Kier alpha value is -3.78. The second kappa shape index (κ2) is 118. The molecular weight excluding hydrogens is 1330 g/mol. The van der Waals surface area contributed by atoms with Crippen molar-refractivity contribution in [3.63, 3.8) is 0 Å². The molecule has 0 aromatic heterocycles. The molecule has 0 saturated heterocycles. The quantitative estimate of drug-likeness (QED) is 0.0252. The van der Waals surface area contributed by atoms with Crippen molar-refractivity contribution in [2.45, 2.75) is 380 Å². The number of carboxylic acids is 6. The van der Waals surface area contributed by atoms with Gasteiger partial charge in [-0.1, -0.05) is 273 Å². The summed E-state index contributed by atoms with van der Waals surface area (Å²) in [5.41, 5.74) is 0. The van der Waals surface area contributed by atoms with E-state index in [9.17, 15) is 28.8 Å². The number of aliphatic hydroxyl groups excluding tert-OH is 15. The first kappa shape index (κ1) is 122. The summed E-state index contributed by atoms with van der Waals surface area (Å²) in [4.78, 5) is 60.8. The van der Waals surface area contributed by atoms with Crippen LogP contribution in [0, 0.1) is 0 Å². The van der Waals surface area contributed by atoms with E-state index in [-0.39, 0.29) is 66.1 Å². The molecule has 0 aromatic carbocycles. The molecule has 0 spiro atoms. The van der Waals surface area contributed by atoms with Gasteiger partial charge in [0.15, 0.2) is 0 Å². The molecule has 21 N–H and O–H groups in total. The maximum absolute atomic E-state index is 10.1. The third-order valence-electron chi connectivity index (χ3n) is 14.1. The second-order valence-corrected chi connectivity index (χ2v) is 24.7. The van der Waals surface area contributed by atoms with Gasteiger partial charge < -0.3 is 107 Å². The van der Waals surface area contributed by atoms with E-state index in [1.54, 1.807) is 0 Å². The second-order valence-electron chi connectivity index (χ2n) is 24.7. The fourth-order valence-electron chi connectivity index (χ4n) is 7.69. The number of hydrogen-bond donors (Lipinski definition) is 21. The first-order valence-electron chi connectivity index (χ1n) is 38.5. The van der Waals surface area contributed by atoms with E-state index in [0.717, 1.165) is 77.0 Å². The minimum Gasteiger partial charge on any atom is -0.481 e. The average Bonchev–Trinajstić information content (AvgIpc) is 3.72. The fraction of sp³-hybridized carbons (Fsp3) is 0.920. The third kappa shape index (κ3) is 177. The summed E-state index contributed by atoms with van der Waals surface area (Å²) in [6.07, 6.45) is 47.1. The van der Waals surface area contributed by atoms with Crippen molar-refractivity contribution in [3.8, 4) is 0 Å². The molecule has 0 heterocycles. The van der Waals surface area contributed by atoms with Gasteiger partial charge in [0.2, 0.25) is 0 Å². The Kier molecular flexibility index (Phi) is 142. The van der Waals surface area contributed by atoms with Crippen LogP contribution in [0.5, 0.6) is 0 Å². The number of carbonyl (C=O) groups is 6. The van der Waals surface area contributed by atoms with Gasteiger partial charge in [-0.3, -0.25) is 28.8 Å². The largest absolute Gasteiger partial charge is 0.481 e.